The third-order valence-electron chi connectivity index (χ3n) is 4.61. The van der Waals surface area contributed by atoms with Gasteiger partial charge in [0.1, 0.15) is 5.69 Å². The molecule has 2 aromatic rings. The summed E-state index contributed by atoms with van der Waals surface area (Å²) in [5.74, 6) is 0.0886. The fourth-order valence-corrected chi connectivity index (χ4v) is 3.98. The molecule has 0 radical (unpaired) electrons. The molecule has 6 nitrogen and oxygen atoms in total. The molecule has 0 saturated carbocycles. The van der Waals surface area contributed by atoms with Crippen molar-refractivity contribution in [3.63, 3.8) is 0 Å². The van der Waals surface area contributed by atoms with Gasteiger partial charge in [-0.2, -0.15) is 0 Å². The molecule has 2 aromatic heterocycles. The highest BCUT2D eigenvalue weighted by Crippen LogP contribution is 2.26. The van der Waals surface area contributed by atoms with Crippen LogP contribution in [0, 0.1) is 0 Å². The number of anilines is 1. The van der Waals surface area contributed by atoms with Crippen molar-refractivity contribution in [2.24, 2.45) is 0 Å². The van der Waals surface area contributed by atoms with Gasteiger partial charge in [0, 0.05) is 43.4 Å². The summed E-state index contributed by atoms with van der Waals surface area (Å²) in [7, 11) is 0. The highest BCUT2D eigenvalue weighted by molar-refractivity contribution is 7.14. The van der Waals surface area contributed by atoms with Gasteiger partial charge in [0.2, 0.25) is 0 Å². The van der Waals surface area contributed by atoms with Crippen molar-refractivity contribution in [3.8, 4) is 11.3 Å². The summed E-state index contributed by atoms with van der Waals surface area (Å²) in [5, 5.41) is 6.26. The van der Waals surface area contributed by atoms with E-state index in [0.717, 1.165) is 68.3 Å². The first-order valence-electron chi connectivity index (χ1n) is 8.59. The number of carbonyl (C=O) groups is 1. The maximum Gasteiger partial charge on any atom is 0.270 e. The minimum Gasteiger partial charge on any atom is -0.376 e. The van der Waals surface area contributed by atoms with Gasteiger partial charge in [0.15, 0.2) is 5.13 Å². The van der Waals surface area contributed by atoms with Gasteiger partial charge in [-0.15, -0.1) is 11.3 Å². The SMILES string of the molecule is O=C(c1cc(-c2csc(NCC3CCCO3)n2)c[nH]1)N1CCCC1. The molecule has 1 atom stereocenters. The Morgan fingerprint density at radius 2 is 2.29 bits per heavy atom. The molecule has 128 valence electrons. The zero-order chi connectivity index (χ0) is 16.4. The van der Waals surface area contributed by atoms with Crippen LogP contribution in [0.25, 0.3) is 11.3 Å². The van der Waals surface area contributed by atoms with E-state index in [-0.39, 0.29) is 5.91 Å². The molecule has 2 aliphatic heterocycles. The molecule has 0 aliphatic carbocycles. The highest BCUT2D eigenvalue weighted by Gasteiger charge is 2.21. The topological polar surface area (TPSA) is 70.2 Å². The van der Waals surface area contributed by atoms with Crippen molar-refractivity contribution in [1.82, 2.24) is 14.9 Å². The summed E-state index contributed by atoms with van der Waals surface area (Å²) in [6.45, 7) is 3.40. The van der Waals surface area contributed by atoms with Crippen LogP contribution in [0.5, 0.6) is 0 Å². The third-order valence-corrected chi connectivity index (χ3v) is 5.41. The van der Waals surface area contributed by atoms with Crippen molar-refractivity contribution < 1.29 is 9.53 Å². The largest absolute Gasteiger partial charge is 0.376 e. The molecule has 2 aliphatic rings. The average molecular weight is 346 g/mol. The summed E-state index contributed by atoms with van der Waals surface area (Å²) >= 11 is 1.58. The lowest BCUT2D eigenvalue weighted by molar-refractivity contribution is 0.0787. The van der Waals surface area contributed by atoms with E-state index >= 15 is 0 Å². The Kier molecular flexibility index (Phi) is 4.53. The van der Waals surface area contributed by atoms with Gasteiger partial charge < -0.3 is 19.9 Å². The van der Waals surface area contributed by atoms with E-state index in [2.05, 4.69) is 15.3 Å². The molecule has 0 spiro atoms. The second-order valence-electron chi connectivity index (χ2n) is 6.36. The van der Waals surface area contributed by atoms with Crippen LogP contribution >= 0.6 is 11.3 Å². The number of aromatic amines is 1. The lowest BCUT2D eigenvalue weighted by atomic mass is 10.2. The maximum atomic E-state index is 12.4. The number of ether oxygens (including phenoxy) is 1. The van der Waals surface area contributed by atoms with Crippen molar-refractivity contribution in [1.29, 1.82) is 0 Å². The molecule has 4 heterocycles. The van der Waals surface area contributed by atoms with Crippen molar-refractivity contribution in [3.05, 3.63) is 23.3 Å². The van der Waals surface area contributed by atoms with Gasteiger partial charge in [0.25, 0.3) is 5.91 Å². The van der Waals surface area contributed by atoms with Gasteiger partial charge in [-0.1, -0.05) is 0 Å². The first-order chi connectivity index (χ1) is 11.8. The molecule has 2 saturated heterocycles. The first-order valence-corrected chi connectivity index (χ1v) is 9.46. The van der Waals surface area contributed by atoms with Crippen LogP contribution in [0.4, 0.5) is 5.13 Å². The average Bonchev–Trinajstić information content (AvgIpc) is 3.41. The summed E-state index contributed by atoms with van der Waals surface area (Å²) < 4.78 is 5.61. The summed E-state index contributed by atoms with van der Waals surface area (Å²) in [4.78, 5) is 22.0. The number of amides is 1. The fraction of sp³-hybridized carbons (Fsp3) is 0.529. The maximum absolute atomic E-state index is 12.4. The molecule has 2 N–H and O–H groups in total. The van der Waals surface area contributed by atoms with Gasteiger partial charge in [-0.3, -0.25) is 4.79 Å². The predicted octanol–water partition coefficient (Wildman–Crippen LogP) is 2.97. The Morgan fingerprint density at radius 3 is 3.08 bits per heavy atom. The molecule has 1 unspecified atom stereocenters. The van der Waals surface area contributed by atoms with Gasteiger partial charge >= 0.3 is 0 Å². The monoisotopic (exact) mass is 346 g/mol. The molecular formula is C17H22N4O2S. The van der Waals surface area contributed by atoms with Gasteiger partial charge in [-0.25, -0.2) is 4.98 Å². The molecule has 4 rings (SSSR count). The number of thiazole rings is 1. The van der Waals surface area contributed by atoms with Gasteiger partial charge in [-0.05, 0) is 31.7 Å². The number of nitrogens with one attached hydrogen (secondary N) is 2. The highest BCUT2D eigenvalue weighted by atomic mass is 32.1. The van der Waals surface area contributed by atoms with E-state index in [4.69, 9.17) is 4.74 Å². The third kappa shape index (κ3) is 3.32. The Morgan fingerprint density at radius 1 is 1.42 bits per heavy atom. The quantitative estimate of drug-likeness (QED) is 0.873. The standard InChI is InChI=1S/C17H22N4O2S/c22-16(21-5-1-2-6-21)14-8-12(9-18-14)15-11-24-17(20-15)19-10-13-4-3-7-23-13/h8-9,11,13,18H,1-7,10H2,(H,19,20). The summed E-state index contributed by atoms with van der Waals surface area (Å²) in [6.07, 6.45) is 6.63. The minimum absolute atomic E-state index is 0.0886. The molecule has 0 bridgehead atoms. The second-order valence-corrected chi connectivity index (χ2v) is 7.21. The number of hydrogen-bond acceptors (Lipinski definition) is 5. The van der Waals surface area contributed by atoms with E-state index < -0.39 is 0 Å². The number of carbonyl (C=O) groups excluding carboxylic acids is 1. The number of nitrogens with zero attached hydrogens (tertiary/aromatic N) is 2. The lowest BCUT2D eigenvalue weighted by Gasteiger charge is -2.13. The van der Waals surface area contributed by atoms with E-state index in [1.165, 1.54) is 0 Å². The van der Waals surface area contributed by atoms with E-state index in [9.17, 15) is 4.79 Å². The van der Waals surface area contributed by atoms with Crippen LogP contribution in [0.2, 0.25) is 0 Å². The summed E-state index contributed by atoms with van der Waals surface area (Å²) in [6, 6.07) is 1.90. The van der Waals surface area contributed by atoms with Crippen molar-refractivity contribution in [2.75, 3.05) is 31.6 Å². The second kappa shape index (κ2) is 6.94. The molecule has 24 heavy (non-hydrogen) atoms. The van der Waals surface area contributed by atoms with Crippen molar-refractivity contribution in [2.45, 2.75) is 31.8 Å². The number of likely N-dealkylation sites (tertiary alicyclic amines) is 1. The van der Waals surface area contributed by atoms with Crippen LogP contribution in [0.15, 0.2) is 17.6 Å². The Hall–Kier alpha value is -1.86. The van der Waals surface area contributed by atoms with Gasteiger partial charge in [0.05, 0.1) is 11.8 Å². The van der Waals surface area contributed by atoms with E-state index in [1.54, 1.807) is 11.3 Å². The van der Waals surface area contributed by atoms with Crippen LogP contribution in [0.3, 0.4) is 0 Å². The Balaban J connectivity index is 1.39. The smallest absolute Gasteiger partial charge is 0.270 e. The van der Waals surface area contributed by atoms with Crippen molar-refractivity contribution >= 4 is 22.4 Å². The molecular weight excluding hydrogens is 324 g/mol. The first kappa shape index (κ1) is 15.7. The molecule has 2 fully saturated rings. The van der Waals surface area contributed by atoms with E-state index in [1.807, 2.05) is 22.5 Å². The normalized spacial score (nSPS) is 20.7. The molecule has 1 amide bonds. The zero-order valence-corrected chi connectivity index (χ0v) is 14.4. The zero-order valence-electron chi connectivity index (χ0n) is 13.6. The predicted molar refractivity (Wildman–Crippen MR) is 94.5 cm³/mol. The number of rotatable bonds is 5. The van der Waals surface area contributed by atoms with Crippen LogP contribution in [-0.2, 0) is 4.74 Å². The number of hydrogen-bond donors (Lipinski definition) is 2. The minimum atomic E-state index is 0.0886. The fourth-order valence-electron chi connectivity index (χ4n) is 3.25. The molecule has 0 aromatic carbocycles. The van der Waals surface area contributed by atoms with Crippen LogP contribution in [0.1, 0.15) is 36.2 Å². The Labute approximate surface area is 145 Å². The molecule has 7 heteroatoms. The lowest BCUT2D eigenvalue weighted by Crippen LogP contribution is -2.27. The number of aromatic nitrogens is 2. The summed E-state index contributed by atoms with van der Waals surface area (Å²) in [5.41, 5.74) is 2.50. The van der Waals surface area contributed by atoms with Crippen LogP contribution in [-0.4, -0.2) is 53.1 Å². The Bertz CT molecular complexity index is 699. The van der Waals surface area contributed by atoms with E-state index in [0.29, 0.717) is 11.8 Å². The van der Waals surface area contributed by atoms with Crippen LogP contribution < -0.4 is 5.32 Å². The number of H-pyrrole nitrogens is 1.